The van der Waals surface area contributed by atoms with Gasteiger partial charge in [-0.25, -0.2) is 4.79 Å². The lowest BCUT2D eigenvalue weighted by molar-refractivity contribution is 0.0262. The molecule has 0 aliphatic carbocycles. The van der Waals surface area contributed by atoms with Gasteiger partial charge in [-0.05, 0) is 18.6 Å². The van der Waals surface area contributed by atoms with E-state index < -0.39 is 5.97 Å². The molecule has 1 atom stereocenters. The first-order valence-corrected chi connectivity index (χ1v) is 5.92. The minimum Gasteiger partial charge on any atom is -0.490 e. The fourth-order valence-corrected chi connectivity index (χ4v) is 1.78. The second kappa shape index (κ2) is 6.37. The predicted molar refractivity (Wildman–Crippen MR) is 64.1 cm³/mol. The van der Waals surface area contributed by atoms with Gasteiger partial charge in [0.1, 0.15) is 17.9 Å². The molecule has 1 saturated heterocycles. The van der Waals surface area contributed by atoms with Crippen molar-refractivity contribution < 1.29 is 24.1 Å². The topological polar surface area (TPSA) is 65.0 Å². The highest BCUT2D eigenvalue weighted by molar-refractivity contribution is 5.90. The Morgan fingerprint density at radius 2 is 2.22 bits per heavy atom. The Morgan fingerprint density at radius 1 is 1.39 bits per heavy atom. The van der Waals surface area contributed by atoms with E-state index in [0.717, 1.165) is 13.0 Å². The van der Waals surface area contributed by atoms with E-state index in [0.29, 0.717) is 25.6 Å². The second-order valence-electron chi connectivity index (χ2n) is 4.01. The zero-order valence-corrected chi connectivity index (χ0v) is 10.0. The number of aromatic carboxylic acids is 1. The van der Waals surface area contributed by atoms with Crippen molar-refractivity contribution in [2.75, 3.05) is 26.4 Å². The molecule has 1 fully saturated rings. The fraction of sp³-hybridized carbons (Fsp3) is 0.462. The van der Waals surface area contributed by atoms with E-state index in [1.165, 1.54) is 6.07 Å². The van der Waals surface area contributed by atoms with Crippen molar-refractivity contribution in [1.29, 1.82) is 0 Å². The maximum absolute atomic E-state index is 10.9. The molecular formula is C13H16O5. The normalized spacial score (nSPS) is 18.8. The van der Waals surface area contributed by atoms with Gasteiger partial charge in [0.2, 0.25) is 0 Å². The first kappa shape index (κ1) is 12.9. The molecule has 1 unspecified atom stereocenters. The number of hydrogen-bond donors (Lipinski definition) is 1. The smallest absolute Gasteiger partial charge is 0.339 e. The van der Waals surface area contributed by atoms with Crippen molar-refractivity contribution in [1.82, 2.24) is 0 Å². The molecule has 0 radical (unpaired) electrons. The molecule has 1 aliphatic rings. The SMILES string of the molecule is O=C(O)c1ccccc1OCCOC1CCOC1. The zero-order chi connectivity index (χ0) is 12.8. The second-order valence-corrected chi connectivity index (χ2v) is 4.01. The first-order chi connectivity index (χ1) is 8.77. The third kappa shape index (κ3) is 3.45. The molecule has 0 aromatic heterocycles. The molecule has 5 heteroatoms. The number of carboxylic acid groups (broad SMARTS) is 1. The highest BCUT2D eigenvalue weighted by Crippen LogP contribution is 2.17. The van der Waals surface area contributed by atoms with E-state index in [1.54, 1.807) is 18.2 Å². The van der Waals surface area contributed by atoms with Crippen LogP contribution in [0.25, 0.3) is 0 Å². The molecule has 18 heavy (non-hydrogen) atoms. The van der Waals surface area contributed by atoms with Crippen LogP contribution in [0.2, 0.25) is 0 Å². The summed E-state index contributed by atoms with van der Waals surface area (Å²) in [5, 5.41) is 8.97. The minimum absolute atomic E-state index is 0.142. The Balaban J connectivity index is 1.77. The van der Waals surface area contributed by atoms with Crippen LogP contribution in [0.1, 0.15) is 16.8 Å². The predicted octanol–water partition coefficient (Wildman–Crippen LogP) is 1.57. The monoisotopic (exact) mass is 252 g/mol. The lowest BCUT2D eigenvalue weighted by atomic mass is 10.2. The Morgan fingerprint density at radius 3 is 2.94 bits per heavy atom. The molecular weight excluding hydrogens is 236 g/mol. The molecule has 1 aliphatic heterocycles. The summed E-state index contributed by atoms with van der Waals surface area (Å²) in [5.41, 5.74) is 0.168. The Kier molecular flexibility index (Phi) is 4.55. The summed E-state index contributed by atoms with van der Waals surface area (Å²) < 4.78 is 16.1. The van der Waals surface area contributed by atoms with E-state index in [4.69, 9.17) is 19.3 Å². The number of ether oxygens (including phenoxy) is 3. The summed E-state index contributed by atoms with van der Waals surface area (Å²) in [4.78, 5) is 10.9. The van der Waals surface area contributed by atoms with Crippen LogP contribution in [0.4, 0.5) is 0 Å². The standard InChI is InChI=1S/C13H16O5/c14-13(15)11-3-1-2-4-12(11)18-8-7-17-10-5-6-16-9-10/h1-4,10H,5-9H2,(H,14,15). The summed E-state index contributed by atoms with van der Waals surface area (Å²) in [7, 11) is 0. The lowest BCUT2D eigenvalue weighted by Crippen LogP contribution is -2.17. The first-order valence-electron chi connectivity index (χ1n) is 5.92. The number of carboxylic acids is 1. The van der Waals surface area contributed by atoms with Crippen LogP contribution in [0.3, 0.4) is 0 Å². The fourth-order valence-electron chi connectivity index (χ4n) is 1.78. The summed E-state index contributed by atoms with van der Waals surface area (Å²) in [6.45, 7) is 2.14. The van der Waals surface area contributed by atoms with Crippen molar-refractivity contribution in [3.8, 4) is 5.75 Å². The largest absolute Gasteiger partial charge is 0.490 e. The van der Waals surface area contributed by atoms with Gasteiger partial charge in [-0.3, -0.25) is 0 Å². The third-order valence-corrected chi connectivity index (χ3v) is 2.70. The molecule has 0 saturated carbocycles. The highest BCUT2D eigenvalue weighted by Gasteiger charge is 2.16. The van der Waals surface area contributed by atoms with Crippen LogP contribution in [0.15, 0.2) is 24.3 Å². The average Bonchev–Trinajstić information content (AvgIpc) is 2.88. The number of rotatable bonds is 6. The van der Waals surface area contributed by atoms with Crippen LogP contribution in [0.5, 0.6) is 5.75 Å². The van der Waals surface area contributed by atoms with Gasteiger partial charge in [0, 0.05) is 6.61 Å². The number of hydrogen-bond acceptors (Lipinski definition) is 4. The minimum atomic E-state index is -0.990. The van der Waals surface area contributed by atoms with Crippen LogP contribution in [0, 0.1) is 0 Å². The quantitative estimate of drug-likeness (QED) is 0.778. The Labute approximate surface area is 105 Å². The van der Waals surface area contributed by atoms with Gasteiger partial charge >= 0.3 is 5.97 Å². The van der Waals surface area contributed by atoms with Crippen LogP contribution < -0.4 is 4.74 Å². The maximum Gasteiger partial charge on any atom is 0.339 e. The van der Waals surface area contributed by atoms with Crippen molar-refractivity contribution >= 4 is 5.97 Å². The van der Waals surface area contributed by atoms with Crippen molar-refractivity contribution in [3.05, 3.63) is 29.8 Å². The molecule has 1 aromatic rings. The van der Waals surface area contributed by atoms with Crippen LogP contribution in [-0.2, 0) is 9.47 Å². The molecule has 1 N–H and O–H groups in total. The van der Waals surface area contributed by atoms with Crippen molar-refractivity contribution in [2.24, 2.45) is 0 Å². The summed E-state index contributed by atoms with van der Waals surface area (Å²) in [6, 6.07) is 6.57. The Bertz CT molecular complexity index is 398. The number of benzene rings is 1. The van der Waals surface area contributed by atoms with Gasteiger partial charge in [-0.15, -0.1) is 0 Å². The van der Waals surface area contributed by atoms with Gasteiger partial charge < -0.3 is 19.3 Å². The third-order valence-electron chi connectivity index (χ3n) is 2.70. The van der Waals surface area contributed by atoms with E-state index in [-0.39, 0.29) is 11.7 Å². The van der Waals surface area contributed by atoms with Gasteiger partial charge in [0.15, 0.2) is 0 Å². The zero-order valence-electron chi connectivity index (χ0n) is 10.0. The summed E-state index contributed by atoms with van der Waals surface area (Å²) in [6.07, 6.45) is 1.05. The van der Waals surface area contributed by atoms with Gasteiger partial charge in [-0.2, -0.15) is 0 Å². The van der Waals surface area contributed by atoms with Crippen molar-refractivity contribution in [2.45, 2.75) is 12.5 Å². The molecule has 5 nitrogen and oxygen atoms in total. The van der Waals surface area contributed by atoms with Crippen LogP contribution in [-0.4, -0.2) is 43.6 Å². The van der Waals surface area contributed by atoms with Crippen molar-refractivity contribution in [3.63, 3.8) is 0 Å². The average molecular weight is 252 g/mol. The van der Waals surface area contributed by atoms with Crippen LogP contribution >= 0.6 is 0 Å². The van der Waals surface area contributed by atoms with Gasteiger partial charge in [0.05, 0.1) is 19.3 Å². The van der Waals surface area contributed by atoms with E-state index in [2.05, 4.69) is 0 Å². The van der Waals surface area contributed by atoms with Gasteiger partial charge in [0.25, 0.3) is 0 Å². The number of para-hydroxylation sites is 1. The summed E-state index contributed by atoms with van der Waals surface area (Å²) in [5.74, 6) is -0.619. The maximum atomic E-state index is 10.9. The molecule has 98 valence electrons. The van der Waals surface area contributed by atoms with Gasteiger partial charge in [-0.1, -0.05) is 12.1 Å². The molecule has 1 heterocycles. The molecule has 2 rings (SSSR count). The molecule has 1 aromatic carbocycles. The molecule has 0 spiro atoms. The lowest BCUT2D eigenvalue weighted by Gasteiger charge is -2.11. The molecule has 0 amide bonds. The van der Waals surface area contributed by atoms with E-state index >= 15 is 0 Å². The van der Waals surface area contributed by atoms with E-state index in [1.807, 2.05) is 0 Å². The summed E-state index contributed by atoms with van der Waals surface area (Å²) >= 11 is 0. The highest BCUT2D eigenvalue weighted by atomic mass is 16.6. The Hall–Kier alpha value is -1.59. The van der Waals surface area contributed by atoms with E-state index in [9.17, 15) is 4.79 Å². The number of carbonyl (C=O) groups is 1. The molecule has 0 bridgehead atoms.